The van der Waals surface area contributed by atoms with Gasteiger partial charge in [-0.1, -0.05) is 34.1 Å². The first-order chi connectivity index (χ1) is 9.75. The highest BCUT2D eigenvalue weighted by atomic mass is 79.9. The first-order valence-electron chi connectivity index (χ1n) is 6.40. The minimum absolute atomic E-state index is 0.0147. The van der Waals surface area contributed by atoms with E-state index in [9.17, 15) is 4.79 Å². The molecule has 1 amide bonds. The molecule has 1 fully saturated rings. The Morgan fingerprint density at radius 3 is 3.05 bits per heavy atom. The van der Waals surface area contributed by atoms with Crippen LogP contribution in [0.5, 0.6) is 0 Å². The van der Waals surface area contributed by atoms with Crippen molar-refractivity contribution < 1.29 is 9.53 Å². The Bertz CT molecular complexity index is 600. The first kappa shape index (κ1) is 13.3. The standard InChI is InChI=1S/C14H14BrN3O2/c15-12-4-2-1-3-11(12)13-9-18(5-6-20-13)14(19)10-7-16-17-8-10/h1-4,7-8,13H,5-6,9H2,(H,16,17). The van der Waals surface area contributed by atoms with Crippen LogP contribution in [0, 0.1) is 0 Å². The van der Waals surface area contributed by atoms with E-state index in [0.29, 0.717) is 25.3 Å². The van der Waals surface area contributed by atoms with Gasteiger partial charge in [-0.3, -0.25) is 9.89 Å². The van der Waals surface area contributed by atoms with Gasteiger partial charge in [0.2, 0.25) is 0 Å². The van der Waals surface area contributed by atoms with Crippen molar-refractivity contribution in [2.45, 2.75) is 6.10 Å². The lowest BCUT2D eigenvalue weighted by Crippen LogP contribution is -2.42. The predicted molar refractivity (Wildman–Crippen MR) is 77.3 cm³/mol. The number of carbonyl (C=O) groups is 1. The Morgan fingerprint density at radius 2 is 2.30 bits per heavy atom. The monoisotopic (exact) mass is 335 g/mol. The fourth-order valence-electron chi connectivity index (χ4n) is 2.31. The van der Waals surface area contributed by atoms with Gasteiger partial charge >= 0.3 is 0 Å². The molecule has 1 aromatic carbocycles. The van der Waals surface area contributed by atoms with Crippen molar-refractivity contribution in [2.75, 3.05) is 19.7 Å². The summed E-state index contributed by atoms with van der Waals surface area (Å²) in [6, 6.07) is 7.93. The van der Waals surface area contributed by atoms with E-state index in [4.69, 9.17) is 4.74 Å². The molecular formula is C14H14BrN3O2. The normalized spacial score (nSPS) is 19.1. The molecule has 0 saturated carbocycles. The lowest BCUT2D eigenvalue weighted by molar-refractivity contribution is -0.0231. The zero-order chi connectivity index (χ0) is 13.9. The number of halogens is 1. The summed E-state index contributed by atoms with van der Waals surface area (Å²) in [4.78, 5) is 14.1. The van der Waals surface area contributed by atoms with Gasteiger partial charge in [0, 0.05) is 17.2 Å². The largest absolute Gasteiger partial charge is 0.370 e. The highest BCUT2D eigenvalue weighted by Gasteiger charge is 2.27. The van der Waals surface area contributed by atoms with E-state index in [1.54, 1.807) is 17.3 Å². The summed E-state index contributed by atoms with van der Waals surface area (Å²) >= 11 is 3.53. The van der Waals surface area contributed by atoms with Crippen LogP contribution in [0.2, 0.25) is 0 Å². The number of carbonyl (C=O) groups excluding carboxylic acids is 1. The van der Waals surface area contributed by atoms with Gasteiger partial charge in [-0.05, 0) is 11.6 Å². The van der Waals surface area contributed by atoms with E-state index < -0.39 is 0 Å². The number of rotatable bonds is 2. The molecule has 0 spiro atoms. The quantitative estimate of drug-likeness (QED) is 0.916. The van der Waals surface area contributed by atoms with Crippen molar-refractivity contribution in [3.63, 3.8) is 0 Å². The van der Waals surface area contributed by atoms with Crippen LogP contribution < -0.4 is 0 Å². The smallest absolute Gasteiger partial charge is 0.257 e. The minimum Gasteiger partial charge on any atom is -0.370 e. The molecule has 1 unspecified atom stereocenters. The summed E-state index contributed by atoms with van der Waals surface area (Å²) < 4.78 is 6.80. The number of ether oxygens (including phenoxy) is 1. The van der Waals surface area contributed by atoms with Crippen LogP contribution >= 0.6 is 15.9 Å². The molecule has 0 bridgehead atoms. The summed E-state index contributed by atoms with van der Waals surface area (Å²) in [7, 11) is 0. The molecule has 2 heterocycles. The molecule has 2 aromatic rings. The average molecular weight is 336 g/mol. The van der Waals surface area contributed by atoms with Crippen LogP contribution in [0.4, 0.5) is 0 Å². The van der Waals surface area contributed by atoms with Gasteiger partial charge in [0.1, 0.15) is 6.10 Å². The lowest BCUT2D eigenvalue weighted by atomic mass is 10.1. The number of H-pyrrole nitrogens is 1. The topological polar surface area (TPSA) is 58.2 Å². The molecule has 1 atom stereocenters. The molecule has 1 saturated heterocycles. The maximum atomic E-state index is 12.3. The van der Waals surface area contributed by atoms with Crippen LogP contribution in [-0.4, -0.2) is 40.7 Å². The van der Waals surface area contributed by atoms with Crippen LogP contribution in [-0.2, 0) is 4.74 Å². The van der Waals surface area contributed by atoms with Gasteiger partial charge in [0.25, 0.3) is 5.91 Å². The van der Waals surface area contributed by atoms with Crippen LogP contribution in [0.15, 0.2) is 41.1 Å². The number of aromatic amines is 1. The molecule has 1 aromatic heterocycles. The number of hydrogen-bond acceptors (Lipinski definition) is 3. The molecule has 6 heteroatoms. The molecule has 1 aliphatic rings. The highest BCUT2D eigenvalue weighted by Crippen LogP contribution is 2.29. The SMILES string of the molecule is O=C(c1cn[nH]c1)N1CCOC(c2ccccc2Br)C1. The summed E-state index contributed by atoms with van der Waals surface area (Å²) in [5.74, 6) is -0.0147. The van der Waals surface area contributed by atoms with Crippen molar-refractivity contribution in [1.82, 2.24) is 15.1 Å². The van der Waals surface area contributed by atoms with Crippen LogP contribution in [0.1, 0.15) is 22.0 Å². The highest BCUT2D eigenvalue weighted by molar-refractivity contribution is 9.10. The number of nitrogens with one attached hydrogen (secondary N) is 1. The third-order valence-electron chi connectivity index (χ3n) is 3.35. The van der Waals surface area contributed by atoms with E-state index in [2.05, 4.69) is 26.1 Å². The Kier molecular flexibility index (Phi) is 3.84. The molecule has 104 valence electrons. The van der Waals surface area contributed by atoms with E-state index in [1.165, 1.54) is 0 Å². The third-order valence-corrected chi connectivity index (χ3v) is 4.07. The zero-order valence-electron chi connectivity index (χ0n) is 10.8. The van der Waals surface area contributed by atoms with Crippen LogP contribution in [0.25, 0.3) is 0 Å². The minimum atomic E-state index is -0.102. The maximum Gasteiger partial charge on any atom is 0.257 e. The number of hydrogen-bond donors (Lipinski definition) is 1. The Balaban J connectivity index is 1.77. The lowest BCUT2D eigenvalue weighted by Gasteiger charge is -2.33. The molecule has 1 N–H and O–H groups in total. The van der Waals surface area contributed by atoms with Crippen molar-refractivity contribution in [1.29, 1.82) is 0 Å². The van der Waals surface area contributed by atoms with Crippen LogP contribution in [0.3, 0.4) is 0 Å². The molecule has 3 rings (SSSR count). The van der Waals surface area contributed by atoms with Gasteiger partial charge in [-0.2, -0.15) is 5.10 Å². The van der Waals surface area contributed by atoms with E-state index >= 15 is 0 Å². The molecule has 0 aliphatic carbocycles. The van der Waals surface area contributed by atoms with Gasteiger partial charge in [0.05, 0.1) is 24.9 Å². The van der Waals surface area contributed by atoms with E-state index in [1.807, 2.05) is 24.3 Å². The molecule has 20 heavy (non-hydrogen) atoms. The number of amides is 1. The Morgan fingerprint density at radius 1 is 1.45 bits per heavy atom. The fraction of sp³-hybridized carbons (Fsp3) is 0.286. The van der Waals surface area contributed by atoms with Crippen molar-refractivity contribution in [3.8, 4) is 0 Å². The summed E-state index contributed by atoms with van der Waals surface area (Å²) in [6.45, 7) is 1.69. The van der Waals surface area contributed by atoms with E-state index in [-0.39, 0.29) is 12.0 Å². The first-order valence-corrected chi connectivity index (χ1v) is 7.19. The van der Waals surface area contributed by atoms with Crippen molar-refractivity contribution in [2.24, 2.45) is 0 Å². The summed E-state index contributed by atoms with van der Waals surface area (Å²) in [5.41, 5.74) is 1.65. The fourth-order valence-corrected chi connectivity index (χ4v) is 2.85. The molecule has 5 nitrogen and oxygen atoms in total. The molecular weight excluding hydrogens is 322 g/mol. The van der Waals surface area contributed by atoms with Gasteiger partial charge in [0.15, 0.2) is 0 Å². The second-order valence-electron chi connectivity index (χ2n) is 4.62. The molecule has 1 aliphatic heterocycles. The number of benzene rings is 1. The third kappa shape index (κ3) is 2.62. The van der Waals surface area contributed by atoms with Gasteiger partial charge < -0.3 is 9.64 Å². The number of aromatic nitrogens is 2. The Hall–Kier alpha value is -1.66. The second kappa shape index (κ2) is 5.76. The second-order valence-corrected chi connectivity index (χ2v) is 5.47. The van der Waals surface area contributed by atoms with Crippen molar-refractivity contribution in [3.05, 3.63) is 52.3 Å². The van der Waals surface area contributed by atoms with Gasteiger partial charge in [-0.25, -0.2) is 0 Å². The van der Waals surface area contributed by atoms with Gasteiger partial charge in [-0.15, -0.1) is 0 Å². The van der Waals surface area contributed by atoms with Crippen molar-refractivity contribution >= 4 is 21.8 Å². The zero-order valence-corrected chi connectivity index (χ0v) is 12.3. The molecule has 0 radical (unpaired) electrons. The summed E-state index contributed by atoms with van der Waals surface area (Å²) in [6.07, 6.45) is 3.06. The summed E-state index contributed by atoms with van der Waals surface area (Å²) in [5, 5.41) is 6.48. The number of morpholine rings is 1. The number of nitrogens with zero attached hydrogens (tertiary/aromatic N) is 2. The Labute approximate surface area is 125 Å². The van der Waals surface area contributed by atoms with E-state index in [0.717, 1.165) is 10.0 Å². The average Bonchev–Trinajstić information content (AvgIpc) is 3.01. The predicted octanol–water partition coefficient (Wildman–Crippen LogP) is 2.39. The maximum absolute atomic E-state index is 12.3.